The van der Waals surface area contributed by atoms with E-state index in [2.05, 4.69) is 0 Å². The van der Waals surface area contributed by atoms with Crippen molar-refractivity contribution in [1.29, 1.82) is 0 Å². The molecule has 6 heteroatoms. The Hall–Kier alpha value is -1.66. The van der Waals surface area contributed by atoms with Gasteiger partial charge in [-0.3, -0.25) is 4.79 Å². The van der Waals surface area contributed by atoms with Gasteiger partial charge in [0.15, 0.2) is 0 Å². The first-order valence-corrected chi connectivity index (χ1v) is 6.80. The van der Waals surface area contributed by atoms with Crippen LogP contribution >= 0.6 is 11.3 Å². The molecule has 1 aromatic rings. The Balaban J connectivity index is 2.09. The van der Waals surface area contributed by atoms with Crippen molar-refractivity contribution in [3.8, 4) is 0 Å². The van der Waals surface area contributed by atoms with E-state index in [1.54, 1.807) is 6.08 Å². The van der Waals surface area contributed by atoms with Gasteiger partial charge in [0.2, 0.25) is 5.91 Å². The highest BCUT2D eigenvalue weighted by Crippen LogP contribution is 2.20. The molecule has 0 spiro atoms. The van der Waals surface area contributed by atoms with Crippen LogP contribution in [0, 0.1) is 6.92 Å². The number of thiophene rings is 1. The van der Waals surface area contributed by atoms with E-state index in [4.69, 9.17) is 5.11 Å². The van der Waals surface area contributed by atoms with E-state index in [1.807, 2.05) is 18.4 Å². The minimum atomic E-state index is -1.08. The molecule has 0 radical (unpaired) electrons. The maximum Gasteiger partial charge on any atom is 0.326 e. The zero-order valence-corrected chi connectivity index (χ0v) is 11.3. The van der Waals surface area contributed by atoms with Gasteiger partial charge in [-0.05, 0) is 30.0 Å². The molecule has 1 aliphatic rings. The highest BCUT2D eigenvalue weighted by Gasteiger charge is 2.37. The van der Waals surface area contributed by atoms with Gasteiger partial charge in [0, 0.05) is 23.9 Å². The average molecular weight is 281 g/mol. The first-order valence-electron chi connectivity index (χ1n) is 5.92. The number of carboxylic acid groups (broad SMARTS) is 1. The van der Waals surface area contributed by atoms with Crippen LogP contribution in [-0.4, -0.2) is 45.7 Å². The van der Waals surface area contributed by atoms with Crippen molar-refractivity contribution in [1.82, 2.24) is 4.90 Å². The molecule has 2 N–H and O–H groups in total. The molecular formula is C13H15NO4S. The molecule has 2 heterocycles. The van der Waals surface area contributed by atoms with Gasteiger partial charge in [0.25, 0.3) is 0 Å². The number of aryl methyl sites for hydroxylation is 1. The number of aliphatic hydroxyl groups excluding tert-OH is 1. The summed E-state index contributed by atoms with van der Waals surface area (Å²) in [6.07, 6.45) is 2.38. The fourth-order valence-corrected chi connectivity index (χ4v) is 2.91. The first-order chi connectivity index (χ1) is 8.99. The van der Waals surface area contributed by atoms with Crippen molar-refractivity contribution < 1.29 is 19.8 Å². The van der Waals surface area contributed by atoms with Crippen LogP contribution in [0.5, 0.6) is 0 Å². The molecule has 1 aromatic heterocycles. The Morgan fingerprint density at radius 1 is 1.53 bits per heavy atom. The van der Waals surface area contributed by atoms with Crippen molar-refractivity contribution in [3.63, 3.8) is 0 Å². The van der Waals surface area contributed by atoms with Crippen LogP contribution in [0.4, 0.5) is 0 Å². The lowest BCUT2D eigenvalue weighted by atomic mass is 10.2. The lowest BCUT2D eigenvalue weighted by Crippen LogP contribution is -2.39. The second kappa shape index (κ2) is 5.54. The quantitative estimate of drug-likeness (QED) is 0.814. The van der Waals surface area contributed by atoms with Gasteiger partial charge in [0.1, 0.15) is 6.04 Å². The molecule has 102 valence electrons. The molecule has 19 heavy (non-hydrogen) atoms. The van der Waals surface area contributed by atoms with Gasteiger partial charge in [-0.15, -0.1) is 11.3 Å². The molecule has 5 nitrogen and oxygen atoms in total. The van der Waals surface area contributed by atoms with E-state index in [9.17, 15) is 14.7 Å². The minimum Gasteiger partial charge on any atom is -0.480 e. The standard InChI is InChI=1S/C13H15NO4S/c1-8-4-5-19-11(8)2-3-12(16)14-7-9(15)6-10(14)13(17)18/h2-5,9-10,15H,6-7H2,1H3,(H,17,18)/b3-2+/t9?,10-/m0/s1. The molecular weight excluding hydrogens is 266 g/mol. The smallest absolute Gasteiger partial charge is 0.326 e. The number of aliphatic hydroxyl groups is 1. The van der Waals surface area contributed by atoms with E-state index in [0.29, 0.717) is 0 Å². The number of nitrogens with zero attached hydrogens (tertiary/aromatic N) is 1. The normalized spacial score (nSPS) is 23.2. The summed E-state index contributed by atoms with van der Waals surface area (Å²) in [5.41, 5.74) is 1.07. The summed E-state index contributed by atoms with van der Waals surface area (Å²) in [5.74, 6) is -1.46. The van der Waals surface area contributed by atoms with E-state index in [1.165, 1.54) is 22.3 Å². The van der Waals surface area contributed by atoms with Crippen LogP contribution in [0.25, 0.3) is 6.08 Å². The molecule has 2 rings (SSSR count). The molecule has 0 aromatic carbocycles. The molecule has 1 aliphatic heterocycles. The van der Waals surface area contributed by atoms with Crippen LogP contribution in [0.3, 0.4) is 0 Å². The van der Waals surface area contributed by atoms with E-state index >= 15 is 0 Å². The average Bonchev–Trinajstić information content (AvgIpc) is 2.92. The van der Waals surface area contributed by atoms with Gasteiger partial charge in [-0.25, -0.2) is 4.79 Å². The number of rotatable bonds is 3. The van der Waals surface area contributed by atoms with Gasteiger partial charge in [0.05, 0.1) is 6.10 Å². The topological polar surface area (TPSA) is 77.8 Å². The van der Waals surface area contributed by atoms with Crippen molar-refractivity contribution >= 4 is 29.3 Å². The molecule has 1 saturated heterocycles. The summed E-state index contributed by atoms with van der Waals surface area (Å²) in [6, 6.07) is 1.02. The summed E-state index contributed by atoms with van der Waals surface area (Å²) in [7, 11) is 0. The largest absolute Gasteiger partial charge is 0.480 e. The zero-order chi connectivity index (χ0) is 14.0. The maximum atomic E-state index is 12.0. The summed E-state index contributed by atoms with van der Waals surface area (Å²) in [5, 5.41) is 20.4. The number of carbonyl (C=O) groups is 2. The predicted octanol–water partition coefficient (Wildman–Crippen LogP) is 1.12. The Morgan fingerprint density at radius 2 is 2.26 bits per heavy atom. The lowest BCUT2D eigenvalue weighted by molar-refractivity contribution is -0.146. The lowest BCUT2D eigenvalue weighted by Gasteiger charge is -2.19. The number of aliphatic carboxylic acids is 1. The van der Waals surface area contributed by atoms with Gasteiger partial charge < -0.3 is 15.1 Å². The van der Waals surface area contributed by atoms with E-state index in [-0.39, 0.29) is 18.9 Å². The minimum absolute atomic E-state index is 0.0730. The highest BCUT2D eigenvalue weighted by atomic mass is 32.1. The molecule has 1 unspecified atom stereocenters. The number of hydrogen-bond donors (Lipinski definition) is 2. The third-order valence-corrected chi connectivity index (χ3v) is 4.11. The van der Waals surface area contributed by atoms with Crippen molar-refractivity contribution in [3.05, 3.63) is 28.0 Å². The first kappa shape index (κ1) is 13.8. The molecule has 0 bridgehead atoms. The number of carbonyl (C=O) groups excluding carboxylic acids is 1. The van der Waals surface area contributed by atoms with Crippen LogP contribution in [-0.2, 0) is 9.59 Å². The van der Waals surface area contributed by atoms with Gasteiger partial charge in [-0.2, -0.15) is 0 Å². The third kappa shape index (κ3) is 3.02. The van der Waals surface area contributed by atoms with Gasteiger partial charge in [-0.1, -0.05) is 0 Å². The summed E-state index contributed by atoms with van der Waals surface area (Å²) in [4.78, 5) is 25.2. The van der Waals surface area contributed by atoms with Crippen molar-refractivity contribution in [2.75, 3.05) is 6.54 Å². The summed E-state index contributed by atoms with van der Waals surface area (Å²) >= 11 is 1.52. The Kier molecular flexibility index (Phi) is 4.01. The Bertz CT molecular complexity index is 522. The molecule has 1 amide bonds. The van der Waals surface area contributed by atoms with Crippen molar-refractivity contribution in [2.45, 2.75) is 25.5 Å². The number of amides is 1. The monoisotopic (exact) mass is 281 g/mol. The number of likely N-dealkylation sites (tertiary alicyclic amines) is 1. The highest BCUT2D eigenvalue weighted by molar-refractivity contribution is 7.11. The second-order valence-electron chi connectivity index (χ2n) is 4.54. The van der Waals surface area contributed by atoms with Gasteiger partial charge >= 0.3 is 5.97 Å². The Labute approximate surface area is 114 Å². The van der Waals surface area contributed by atoms with E-state index < -0.39 is 18.1 Å². The Morgan fingerprint density at radius 3 is 2.84 bits per heavy atom. The van der Waals surface area contributed by atoms with Crippen LogP contribution in [0.15, 0.2) is 17.5 Å². The summed E-state index contributed by atoms with van der Waals surface area (Å²) < 4.78 is 0. The predicted molar refractivity (Wildman–Crippen MR) is 71.9 cm³/mol. The second-order valence-corrected chi connectivity index (χ2v) is 5.48. The summed E-state index contributed by atoms with van der Waals surface area (Å²) in [6.45, 7) is 2.02. The third-order valence-electron chi connectivity index (χ3n) is 3.13. The van der Waals surface area contributed by atoms with E-state index in [0.717, 1.165) is 10.4 Å². The number of carboxylic acids is 1. The zero-order valence-electron chi connectivity index (χ0n) is 10.4. The fraction of sp³-hybridized carbons (Fsp3) is 0.385. The maximum absolute atomic E-state index is 12.0. The van der Waals surface area contributed by atoms with Crippen LogP contribution in [0.1, 0.15) is 16.9 Å². The van der Waals surface area contributed by atoms with Crippen molar-refractivity contribution in [2.24, 2.45) is 0 Å². The number of β-amino-alcohol motifs (C(OH)–C–C–N with tert-alkyl or cyclic N) is 1. The van der Waals surface area contributed by atoms with Crippen LogP contribution < -0.4 is 0 Å². The fourth-order valence-electron chi connectivity index (χ4n) is 2.09. The molecule has 0 saturated carbocycles. The van der Waals surface area contributed by atoms with Crippen LogP contribution in [0.2, 0.25) is 0 Å². The molecule has 0 aliphatic carbocycles. The molecule has 2 atom stereocenters. The number of hydrogen-bond acceptors (Lipinski definition) is 4. The SMILES string of the molecule is Cc1ccsc1/C=C/C(=O)N1CC(O)C[C@H]1C(=O)O. The molecule has 1 fully saturated rings.